The Morgan fingerprint density at radius 2 is 1.81 bits per heavy atom. The summed E-state index contributed by atoms with van der Waals surface area (Å²) >= 11 is 0. The second kappa shape index (κ2) is 9.08. The SMILES string of the molecule is Cc1nnn(C)c1-c1cnc2c3cccc(S(C)(=O)=O)c3n([C@H](c3ccccc3)C3CCOCC3)c2c1. The zero-order chi connectivity index (χ0) is 25.7. The number of para-hydroxylation sites is 1. The van der Waals surface area contributed by atoms with E-state index >= 15 is 0 Å². The number of nitrogens with zero attached hydrogens (tertiary/aromatic N) is 5. The summed E-state index contributed by atoms with van der Waals surface area (Å²) in [7, 11) is -1.64. The first-order valence-corrected chi connectivity index (χ1v) is 14.4. The van der Waals surface area contributed by atoms with Crippen LogP contribution in [0.2, 0.25) is 0 Å². The Morgan fingerprint density at radius 3 is 2.49 bits per heavy atom. The lowest BCUT2D eigenvalue weighted by atomic mass is 9.86. The third kappa shape index (κ3) is 4.02. The molecule has 6 rings (SSSR count). The van der Waals surface area contributed by atoms with Crippen LogP contribution in [-0.2, 0) is 21.6 Å². The molecule has 1 saturated heterocycles. The minimum Gasteiger partial charge on any atom is -0.381 e. The van der Waals surface area contributed by atoms with Gasteiger partial charge in [-0.1, -0.05) is 47.7 Å². The van der Waals surface area contributed by atoms with E-state index in [1.54, 1.807) is 16.8 Å². The molecule has 0 saturated carbocycles. The lowest BCUT2D eigenvalue weighted by Gasteiger charge is -2.33. The van der Waals surface area contributed by atoms with Crippen LogP contribution in [0.1, 0.15) is 30.1 Å². The van der Waals surface area contributed by atoms with Crippen LogP contribution in [0.15, 0.2) is 65.7 Å². The van der Waals surface area contributed by atoms with Crippen molar-refractivity contribution in [3.63, 3.8) is 0 Å². The number of rotatable bonds is 5. The van der Waals surface area contributed by atoms with Crippen molar-refractivity contribution < 1.29 is 13.2 Å². The average Bonchev–Trinajstić information content (AvgIpc) is 3.41. The van der Waals surface area contributed by atoms with Gasteiger partial charge in [0.25, 0.3) is 0 Å². The highest BCUT2D eigenvalue weighted by atomic mass is 32.2. The minimum absolute atomic E-state index is 0.0872. The summed E-state index contributed by atoms with van der Waals surface area (Å²) in [6.07, 6.45) is 4.88. The van der Waals surface area contributed by atoms with Crippen molar-refractivity contribution in [3.05, 3.63) is 72.1 Å². The van der Waals surface area contributed by atoms with Crippen LogP contribution >= 0.6 is 0 Å². The van der Waals surface area contributed by atoms with Crippen molar-refractivity contribution in [3.8, 4) is 11.3 Å². The monoisotopic (exact) mass is 515 g/mol. The summed E-state index contributed by atoms with van der Waals surface area (Å²) in [6.45, 7) is 3.31. The Balaban J connectivity index is 1.75. The summed E-state index contributed by atoms with van der Waals surface area (Å²) in [4.78, 5) is 5.22. The minimum atomic E-state index is -3.51. The van der Waals surface area contributed by atoms with Crippen LogP contribution in [-0.4, -0.2) is 52.4 Å². The molecule has 2 aromatic carbocycles. The fraction of sp³-hybridized carbons (Fsp3) is 0.321. The van der Waals surface area contributed by atoms with Gasteiger partial charge in [0, 0.05) is 43.7 Å². The largest absolute Gasteiger partial charge is 0.381 e. The van der Waals surface area contributed by atoms with E-state index in [0.29, 0.717) is 23.6 Å². The van der Waals surface area contributed by atoms with E-state index in [4.69, 9.17) is 9.72 Å². The summed E-state index contributed by atoms with van der Waals surface area (Å²) in [5.41, 5.74) is 6.10. The van der Waals surface area contributed by atoms with Crippen LogP contribution in [0.4, 0.5) is 0 Å². The summed E-state index contributed by atoms with van der Waals surface area (Å²) in [6, 6.07) is 17.9. The average molecular weight is 516 g/mol. The molecular formula is C28H29N5O3S. The normalized spacial score (nSPS) is 16.0. The zero-order valence-corrected chi connectivity index (χ0v) is 21.9. The van der Waals surface area contributed by atoms with Crippen molar-refractivity contribution in [2.45, 2.75) is 30.7 Å². The second-order valence-corrected chi connectivity index (χ2v) is 11.8. The van der Waals surface area contributed by atoms with E-state index in [9.17, 15) is 8.42 Å². The Morgan fingerprint density at radius 1 is 1.05 bits per heavy atom. The van der Waals surface area contributed by atoms with Crippen molar-refractivity contribution in [1.29, 1.82) is 0 Å². The predicted octanol–water partition coefficient (Wildman–Crippen LogP) is 4.71. The van der Waals surface area contributed by atoms with Gasteiger partial charge in [0.15, 0.2) is 9.84 Å². The highest BCUT2D eigenvalue weighted by Gasteiger charge is 2.32. The number of aromatic nitrogens is 5. The van der Waals surface area contributed by atoms with E-state index in [1.807, 2.05) is 44.4 Å². The fourth-order valence-corrected chi connectivity index (χ4v) is 6.70. The van der Waals surface area contributed by atoms with Crippen LogP contribution in [0, 0.1) is 12.8 Å². The smallest absolute Gasteiger partial charge is 0.177 e. The van der Waals surface area contributed by atoms with Gasteiger partial charge >= 0.3 is 0 Å². The lowest BCUT2D eigenvalue weighted by molar-refractivity contribution is 0.0552. The summed E-state index contributed by atoms with van der Waals surface area (Å²) < 4.78 is 35.9. The maximum absolute atomic E-state index is 13.1. The highest BCUT2D eigenvalue weighted by molar-refractivity contribution is 7.91. The van der Waals surface area contributed by atoms with Crippen LogP contribution in [0.25, 0.3) is 33.2 Å². The Bertz CT molecular complexity index is 1700. The van der Waals surface area contributed by atoms with Gasteiger partial charge in [-0.25, -0.2) is 13.1 Å². The molecule has 1 aliphatic rings. The molecule has 0 amide bonds. The van der Waals surface area contributed by atoms with Gasteiger partial charge in [0.2, 0.25) is 0 Å². The van der Waals surface area contributed by atoms with Gasteiger partial charge in [-0.3, -0.25) is 4.98 Å². The Hall–Kier alpha value is -3.56. The molecule has 4 heterocycles. The second-order valence-electron chi connectivity index (χ2n) is 9.84. The molecule has 1 atom stereocenters. The molecule has 1 fully saturated rings. The van der Waals surface area contributed by atoms with Gasteiger partial charge < -0.3 is 9.30 Å². The van der Waals surface area contributed by atoms with Crippen LogP contribution in [0.5, 0.6) is 0 Å². The van der Waals surface area contributed by atoms with E-state index in [0.717, 1.165) is 51.8 Å². The molecule has 190 valence electrons. The first kappa shape index (κ1) is 23.8. The standard InChI is InChI=1S/C28H29N5O3S/c1-18-26(32(2)31-30-18)21-16-23-25(29-17-21)22-10-7-11-24(37(3,34)35)28(22)33(23)27(19-8-5-4-6-9-19)20-12-14-36-15-13-20/h4-11,16-17,20,27H,12-15H2,1-3H3/t27-/m1/s1. The maximum Gasteiger partial charge on any atom is 0.177 e. The number of hydrogen-bond acceptors (Lipinski definition) is 6. The van der Waals surface area contributed by atoms with E-state index in [-0.39, 0.29) is 12.0 Å². The third-order valence-corrected chi connectivity index (χ3v) is 8.55. The van der Waals surface area contributed by atoms with Gasteiger partial charge in [-0.15, -0.1) is 5.10 Å². The summed E-state index contributed by atoms with van der Waals surface area (Å²) in [5.74, 6) is 0.270. The molecule has 5 aromatic rings. The van der Waals surface area contributed by atoms with Crippen molar-refractivity contribution in [2.75, 3.05) is 19.5 Å². The van der Waals surface area contributed by atoms with E-state index in [2.05, 4.69) is 33.1 Å². The lowest BCUT2D eigenvalue weighted by Crippen LogP contribution is -2.27. The van der Waals surface area contributed by atoms with E-state index < -0.39 is 9.84 Å². The van der Waals surface area contributed by atoms with Gasteiger partial charge in [-0.05, 0) is 43.4 Å². The zero-order valence-electron chi connectivity index (χ0n) is 21.1. The number of pyridine rings is 1. The molecule has 1 aliphatic heterocycles. The topological polar surface area (TPSA) is 91.9 Å². The number of ether oxygens (including phenoxy) is 1. The van der Waals surface area contributed by atoms with Crippen LogP contribution in [0.3, 0.4) is 0 Å². The molecule has 9 heteroatoms. The number of sulfone groups is 1. The Kier molecular flexibility index (Phi) is 5.84. The molecule has 0 spiro atoms. The Labute approximate surface area is 215 Å². The predicted molar refractivity (Wildman–Crippen MR) is 143 cm³/mol. The third-order valence-electron chi connectivity index (χ3n) is 7.42. The molecule has 37 heavy (non-hydrogen) atoms. The molecule has 0 bridgehead atoms. The molecule has 0 aliphatic carbocycles. The van der Waals surface area contributed by atoms with E-state index in [1.165, 1.54) is 6.26 Å². The summed E-state index contributed by atoms with van der Waals surface area (Å²) in [5, 5.41) is 9.24. The number of hydrogen-bond donors (Lipinski definition) is 0. The van der Waals surface area contributed by atoms with Gasteiger partial charge in [0.1, 0.15) is 0 Å². The quantitative estimate of drug-likeness (QED) is 0.337. The molecule has 0 radical (unpaired) electrons. The number of fused-ring (bicyclic) bond motifs is 3. The number of aryl methyl sites for hydroxylation is 2. The highest BCUT2D eigenvalue weighted by Crippen LogP contribution is 2.42. The van der Waals surface area contributed by atoms with Gasteiger partial charge in [-0.2, -0.15) is 0 Å². The van der Waals surface area contributed by atoms with Crippen molar-refractivity contribution in [2.24, 2.45) is 13.0 Å². The van der Waals surface area contributed by atoms with Crippen LogP contribution < -0.4 is 0 Å². The maximum atomic E-state index is 13.1. The molecule has 0 N–H and O–H groups in total. The fourth-order valence-electron chi connectivity index (χ4n) is 5.81. The number of benzene rings is 2. The molecular weight excluding hydrogens is 486 g/mol. The first-order valence-electron chi connectivity index (χ1n) is 12.5. The van der Waals surface area contributed by atoms with Gasteiger partial charge in [0.05, 0.1) is 38.9 Å². The van der Waals surface area contributed by atoms with Crippen molar-refractivity contribution in [1.82, 2.24) is 24.5 Å². The van der Waals surface area contributed by atoms with Crippen molar-refractivity contribution >= 4 is 31.8 Å². The first-order chi connectivity index (χ1) is 17.8. The molecule has 0 unspecified atom stereocenters. The molecule has 8 nitrogen and oxygen atoms in total. The molecule has 3 aromatic heterocycles.